The van der Waals surface area contributed by atoms with E-state index in [0.29, 0.717) is 6.54 Å². The monoisotopic (exact) mass is 208 g/mol. The Balaban J connectivity index is 3.64. The fraction of sp³-hybridized carbons (Fsp3) is 1.00. The second-order valence-corrected chi connectivity index (χ2v) is 4.21. The molecule has 0 fully saturated rings. The van der Waals surface area contributed by atoms with Crippen molar-refractivity contribution in [1.82, 2.24) is 9.62 Å². The fourth-order valence-corrected chi connectivity index (χ4v) is 1.73. The molecule has 0 saturated heterocycles. The lowest BCUT2D eigenvalue weighted by molar-refractivity contribution is 0.336. The number of hydrogen-bond acceptors (Lipinski definition) is 2. The maximum Gasteiger partial charge on any atom is 0.234 e. The summed E-state index contributed by atoms with van der Waals surface area (Å²) >= 11 is -1.83. The van der Waals surface area contributed by atoms with Crippen molar-refractivity contribution in [3.05, 3.63) is 0 Å². The lowest BCUT2D eigenvalue weighted by atomic mass is 10.3. The van der Waals surface area contributed by atoms with Crippen molar-refractivity contribution in [2.24, 2.45) is 0 Å². The number of unbranched alkanes of at least 4 members (excludes halogenated alkanes) is 1. The quantitative estimate of drug-likeness (QED) is 0.481. The zero-order valence-corrected chi connectivity index (χ0v) is 9.43. The maximum absolute atomic E-state index is 10.8. The summed E-state index contributed by atoms with van der Waals surface area (Å²) in [5.41, 5.74) is 0. The minimum atomic E-state index is -1.83. The van der Waals surface area contributed by atoms with Gasteiger partial charge >= 0.3 is 0 Å². The van der Waals surface area contributed by atoms with Gasteiger partial charge in [-0.05, 0) is 40.3 Å². The molecule has 0 rings (SSSR count). The molecule has 0 aromatic rings. The molecule has 0 amide bonds. The maximum atomic E-state index is 10.8. The Kier molecular flexibility index (Phi) is 7.45. The van der Waals surface area contributed by atoms with Crippen LogP contribution in [-0.4, -0.2) is 39.2 Å². The van der Waals surface area contributed by atoms with Crippen LogP contribution in [0.2, 0.25) is 0 Å². The van der Waals surface area contributed by atoms with Gasteiger partial charge in [-0.15, -0.1) is 0 Å². The third-order valence-corrected chi connectivity index (χ3v) is 2.84. The van der Waals surface area contributed by atoms with Gasteiger partial charge < -0.3 is 5.32 Å². The van der Waals surface area contributed by atoms with Gasteiger partial charge in [0.1, 0.15) is 0 Å². The average Bonchev–Trinajstić information content (AvgIpc) is 2.02. The molecule has 5 heteroatoms. The van der Waals surface area contributed by atoms with Crippen LogP contribution >= 0.6 is 0 Å². The van der Waals surface area contributed by atoms with E-state index in [-0.39, 0.29) is 6.04 Å². The minimum Gasteiger partial charge on any atom is -0.320 e. The summed E-state index contributed by atoms with van der Waals surface area (Å²) in [4.78, 5) is 0. The summed E-state index contributed by atoms with van der Waals surface area (Å²) in [5, 5.41) is 3.04. The van der Waals surface area contributed by atoms with Gasteiger partial charge in [0, 0.05) is 12.6 Å². The van der Waals surface area contributed by atoms with E-state index < -0.39 is 11.3 Å². The first-order chi connectivity index (χ1) is 6.09. The van der Waals surface area contributed by atoms with Crippen LogP contribution in [0.4, 0.5) is 0 Å². The van der Waals surface area contributed by atoms with E-state index in [9.17, 15) is 4.21 Å². The molecule has 13 heavy (non-hydrogen) atoms. The Morgan fingerprint density at radius 2 is 2.08 bits per heavy atom. The van der Waals surface area contributed by atoms with E-state index in [1.807, 2.05) is 20.9 Å². The molecule has 0 radical (unpaired) electrons. The molecule has 1 atom stereocenters. The number of nitrogens with zero attached hydrogens (tertiary/aromatic N) is 1. The highest BCUT2D eigenvalue weighted by Crippen LogP contribution is 2.03. The molecule has 0 aromatic heterocycles. The second kappa shape index (κ2) is 7.44. The molecule has 1 unspecified atom stereocenters. The summed E-state index contributed by atoms with van der Waals surface area (Å²) < 4.78 is 21.3. The Morgan fingerprint density at radius 1 is 1.46 bits per heavy atom. The first-order valence-electron chi connectivity index (χ1n) is 4.61. The van der Waals surface area contributed by atoms with Gasteiger partial charge in [-0.1, -0.05) is 0 Å². The van der Waals surface area contributed by atoms with Gasteiger partial charge in [0.25, 0.3) is 0 Å². The standard InChI is InChI=1S/C8H20N2O2S/c1-8(2)10(13(11)12)7-5-4-6-9-3/h8-9H,4-7H2,1-3H3,(H,11,12). The van der Waals surface area contributed by atoms with Crippen LogP contribution in [-0.2, 0) is 11.3 Å². The molecule has 2 N–H and O–H groups in total. The predicted octanol–water partition coefficient (Wildman–Crippen LogP) is 0.833. The van der Waals surface area contributed by atoms with Gasteiger partial charge in [-0.2, -0.15) is 4.31 Å². The van der Waals surface area contributed by atoms with E-state index in [1.165, 1.54) is 0 Å². The van der Waals surface area contributed by atoms with Gasteiger partial charge in [0.2, 0.25) is 11.3 Å². The van der Waals surface area contributed by atoms with E-state index in [2.05, 4.69) is 5.32 Å². The van der Waals surface area contributed by atoms with Crippen molar-refractivity contribution >= 4 is 11.3 Å². The molecular formula is C8H20N2O2S. The average molecular weight is 208 g/mol. The first-order valence-corrected chi connectivity index (χ1v) is 5.68. The van der Waals surface area contributed by atoms with Crippen LogP contribution in [0.3, 0.4) is 0 Å². The Hall–Kier alpha value is 0.0300. The lowest BCUT2D eigenvalue weighted by Gasteiger charge is -2.21. The first kappa shape index (κ1) is 13.0. The van der Waals surface area contributed by atoms with Crippen molar-refractivity contribution in [3.63, 3.8) is 0 Å². The molecule has 0 aliphatic heterocycles. The Morgan fingerprint density at radius 3 is 2.46 bits per heavy atom. The zero-order chi connectivity index (χ0) is 10.3. The third kappa shape index (κ3) is 6.15. The molecule has 80 valence electrons. The predicted molar refractivity (Wildman–Crippen MR) is 55.8 cm³/mol. The minimum absolute atomic E-state index is 0.125. The number of rotatable bonds is 7. The fourth-order valence-electron chi connectivity index (χ4n) is 1.09. The topological polar surface area (TPSA) is 52.6 Å². The van der Waals surface area contributed by atoms with Crippen LogP contribution in [0.1, 0.15) is 26.7 Å². The Labute approximate surface area is 83.1 Å². The van der Waals surface area contributed by atoms with E-state index in [1.54, 1.807) is 4.31 Å². The summed E-state index contributed by atoms with van der Waals surface area (Å²) in [7, 11) is 1.91. The molecule has 0 bridgehead atoms. The van der Waals surface area contributed by atoms with E-state index in [0.717, 1.165) is 19.4 Å². The highest BCUT2D eigenvalue weighted by atomic mass is 32.2. The molecule has 0 saturated carbocycles. The van der Waals surface area contributed by atoms with Crippen molar-refractivity contribution in [1.29, 1.82) is 0 Å². The van der Waals surface area contributed by atoms with Crippen molar-refractivity contribution in [2.45, 2.75) is 32.7 Å². The van der Waals surface area contributed by atoms with Crippen LogP contribution in [0.25, 0.3) is 0 Å². The molecule has 4 nitrogen and oxygen atoms in total. The van der Waals surface area contributed by atoms with Gasteiger partial charge in [-0.3, -0.25) is 4.55 Å². The molecule has 0 heterocycles. The van der Waals surface area contributed by atoms with Gasteiger partial charge in [0.05, 0.1) is 0 Å². The van der Waals surface area contributed by atoms with E-state index in [4.69, 9.17) is 4.55 Å². The molecular weight excluding hydrogens is 188 g/mol. The zero-order valence-electron chi connectivity index (χ0n) is 8.62. The highest BCUT2D eigenvalue weighted by Gasteiger charge is 2.13. The van der Waals surface area contributed by atoms with Crippen LogP contribution in [0.15, 0.2) is 0 Å². The van der Waals surface area contributed by atoms with Crippen molar-refractivity contribution in [2.75, 3.05) is 20.1 Å². The Bertz CT molecular complexity index is 153. The van der Waals surface area contributed by atoms with Crippen LogP contribution < -0.4 is 5.32 Å². The molecule has 0 aromatic carbocycles. The normalized spacial score (nSPS) is 14.0. The van der Waals surface area contributed by atoms with Crippen molar-refractivity contribution in [3.8, 4) is 0 Å². The van der Waals surface area contributed by atoms with Gasteiger partial charge in [0.15, 0.2) is 0 Å². The molecule has 0 aliphatic rings. The van der Waals surface area contributed by atoms with Crippen LogP contribution in [0.5, 0.6) is 0 Å². The second-order valence-electron chi connectivity index (χ2n) is 3.28. The largest absolute Gasteiger partial charge is 0.320 e. The lowest BCUT2D eigenvalue weighted by Crippen LogP contribution is -2.33. The van der Waals surface area contributed by atoms with Crippen molar-refractivity contribution < 1.29 is 8.76 Å². The third-order valence-electron chi connectivity index (χ3n) is 1.83. The summed E-state index contributed by atoms with van der Waals surface area (Å²) in [5.74, 6) is 0. The molecule has 0 aliphatic carbocycles. The number of hydrogen-bond donors (Lipinski definition) is 2. The van der Waals surface area contributed by atoms with E-state index >= 15 is 0 Å². The number of nitrogens with one attached hydrogen (secondary N) is 1. The van der Waals surface area contributed by atoms with Crippen LogP contribution in [0, 0.1) is 0 Å². The molecule has 0 spiro atoms. The SMILES string of the molecule is CNCCCCN(C(C)C)S(=O)O. The van der Waals surface area contributed by atoms with Gasteiger partial charge in [-0.25, -0.2) is 4.21 Å². The summed E-state index contributed by atoms with van der Waals surface area (Å²) in [6, 6.07) is 0.125. The highest BCUT2D eigenvalue weighted by molar-refractivity contribution is 7.76. The summed E-state index contributed by atoms with van der Waals surface area (Å²) in [6.07, 6.45) is 1.99. The summed E-state index contributed by atoms with van der Waals surface area (Å²) in [6.45, 7) is 5.49. The smallest absolute Gasteiger partial charge is 0.234 e.